The van der Waals surface area contributed by atoms with Gasteiger partial charge in [-0.1, -0.05) is 51.7 Å². The molecule has 1 rings (SSSR count). The summed E-state index contributed by atoms with van der Waals surface area (Å²) in [5.74, 6) is 0.463. The molecule has 1 aliphatic carbocycles. The smallest absolute Gasteiger partial charge is 0.306 e. The van der Waals surface area contributed by atoms with Crippen LogP contribution in [0, 0.1) is 5.92 Å². The van der Waals surface area contributed by atoms with Crippen LogP contribution in [0.5, 0.6) is 0 Å². The van der Waals surface area contributed by atoms with E-state index in [0.717, 1.165) is 19.3 Å². The molecule has 0 aliphatic heterocycles. The van der Waals surface area contributed by atoms with Crippen LogP contribution in [-0.4, -0.2) is 12.1 Å². The van der Waals surface area contributed by atoms with Crippen LogP contribution >= 0.6 is 0 Å². The first-order valence-corrected chi connectivity index (χ1v) is 7.10. The van der Waals surface area contributed by atoms with Crippen molar-refractivity contribution in [3.05, 3.63) is 12.7 Å². The van der Waals surface area contributed by atoms with E-state index in [1.165, 1.54) is 32.1 Å². The van der Waals surface area contributed by atoms with Crippen molar-refractivity contribution in [1.82, 2.24) is 0 Å². The highest BCUT2D eigenvalue weighted by atomic mass is 16.5. The van der Waals surface area contributed by atoms with Gasteiger partial charge in [0.2, 0.25) is 0 Å². The second-order valence-corrected chi connectivity index (χ2v) is 5.05. The van der Waals surface area contributed by atoms with Gasteiger partial charge in [0.05, 0.1) is 0 Å². The van der Waals surface area contributed by atoms with E-state index in [1.807, 2.05) is 6.08 Å². The van der Waals surface area contributed by atoms with Crippen molar-refractivity contribution in [2.75, 3.05) is 0 Å². The largest absolute Gasteiger partial charge is 0.458 e. The monoisotopic (exact) mass is 238 g/mol. The maximum absolute atomic E-state index is 11.7. The zero-order chi connectivity index (χ0) is 12.5. The summed E-state index contributed by atoms with van der Waals surface area (Å²) in [5, 5.41) is 0. The molecule has 0 aromatic rings. The van der Waals surface area contributed by atoms with Crippen LogP contribution in [0.25, 0.3) is 0 Å². The Bertz CT molecular complexity index is 229. The molecule has 0 radical (unpaired) electrons. The van der Waals surface area contributed by atoms with E-state index in [1.54, 1.807) is 0 Å². The minimum atomic E-state index is -0.0515. The Hall–Kier alpha value is -0.790. The summed E-state index contributed by atoms with van der Waals surface area (Å²) < 4.78 is 5.53. The van der Waals surface area contributed by atoms with Crippen molar-refractivity contribution in [2.45, 2.75) is 70.8 Å². The molecule has 0 saturated heterocycles. The van der Waals surface area contributed by atoms with Crippen molar-refractivity contribution < 1.29 is 9.53 Å². The number of unbranched alkanes of at least 4 members (excludes halogenated alkanes) is 2. The molecule has 1 atom stereocenters. The van der Waals surface area contributed by atoms with Gasteiger partial charge in [-0.05, 0) is 25.2 Å². The van der Waals surface area contributed by atoms with E-state index in [-0.39, 0.29) is 12.1 Å². The lowest BCUT2D eigenvalue weighted by atomic mass is 9.85. The van der Waals surface area contributed by atoms with Crippen molar-refractivity contribution in [2.24, 2.45) is 5.92 Å². The molecular formula is C15H26O2. The molecule has 1 saturated carbocycles. The zero-order valence-corrected chi connectivity index (χ0v) is 11.1. The number of esters is 1. The van der Waals surface area contributed by atoms with Gasteiger partial charge < -0.3 is 4.74 Å². The molecule has 1 fully saturated rings. The summed E-state index contributed by atoms with van der Waals surface area (Å²) in [5.41, 5.74) is 0. The molecule has 98 valence electrons. The molecule has 2 nitrogen and oxygen atoms in total. The van der Waals surface area contributed by atoms with Gasteiger partial charge in [-0.2, -0.15) is 0 Å². The first-order chi connectivity index (χ1) is 8.27. The Morgan fingerprint density at radius 3 is 2.65 bits per heavy atom. The quantitative estimate of drug-likeness (QED) is 0.376. The molecule has 17 heavy (non-hydrogen) atoms. The van der Waals surface area contributed by atoms with Crippen molar-refractivity contribution in [3.63, 3.8) is 0 Å². The minimum Gasteiger partial charge on any atom is -0.458 e. The minimum absolute atomic E-state index is 0.0473. The Morgan fingerprint density at radius 1 is 1.35 bits per heavy atom. The lowest BCUT2D eigenvalue weighted by Gasteiger charge is -2.27. The van der Waals surface area contributed by atoms with Crippen LogP contribution in [0.15, 0.2) is 12.7 Å². The lowest BCUT2D eigenvalue weighted by Crippen LogP contribution is -2.26. The first kappa shape index (κ1) is 14.3. The SMILES string of the molecule is C=CC(OC(=O)CCCCC)C1CCCCC1. The molecule has 1 unspecified atom stereocenters. The van der Waals surface area contributed by atoms with Crippen LogP contribution in [-0.2, 0) is 9.53 Å². The Balaban J connectivity index is 2.29. The third-order valence-electron chi connectivity index (χ3n) is 3.60. The molecule has 1 aliphatic rings. The predicted octanol–water partition coefficient (Wildman–Crippen LogP) is 4.24. The molecule has 0 aromatic heterocycles. The standard InChI is InChI=1S/C15H26O2/c1-3-5-7-12-15(16)17-14(4-2)13-10-8-6-9-11-13/h4,13-14H,2-3,5-12H2,1H3. The van der Waals surface area contributed by atoms with Crippen LogP contribution in [0.1, 0.15) is 64.7 Å². The summed E-state index contributed by atoms with van der Waals surface area (Å²) in [6.45, 7) is 5.95. The van der Waals surface area contributed by atoms with Gasteiger partial charge in [0.15, 0.2) is 0 Å². The van der Waals surface area contributed by atoms with Crippen LogP contribution in [0.2, 0.25) is 0 Å². The summed E-state index contributed by atoms with van der Waals surface area (Å²) in [6.07, 6.45) is 11.7. The summed E-state index contributed by atoms with van der Waals surface area (Å²) >= 11 is 0. The molecule has 0 N–H and O–H groups in total. The molecule has 0 amide bonds. The third-order valence-corrected chi connectivity index (χ3v) is 3.60. The summed E-state index contributed by atoms with van der Waals surface area (Å²) in [4.78, 5) is 11.7. The van der Waals surface area contributed by atoms with Gasteiger partial charge >= 0.3 is 5.97 Å². The van der Waals surface area contributed by atoms with Crippen molar-refractivity contribution >= 4 is 5.97 Å². The number of hydrogen-bond donors (Lipinski definition) is 0. The number of carbonyl (C=O) groups excluding carboxylic acids is 1. The van der Waals surface area contributed by atoms with Crippen molar-refractivity contribution in [3.8, 4) is 0 Å². The number of rotatable bonds is 7. The van der Waals surface area contributed by atoms with E-state index >= 15 is 0 Å². The normalized spacial score (nSPS) is 18.6. The number of hydrogen-bond acceptors (Lipinski definition) is 2. The second kappa shape index (κ2) is 8.32. The maximum Gasteiger partial charge on any atom is 0.306 e. The average Bonchev–Trinajstić information content (AvgIpc) is 2.37. The fraction of sp³-hybridized carbons (Fsp3) is 0.800. The molecule has 0 spiro atoms. The highest BCUT2D eigenvalue weighted by Gasteiger charge is 2.24. The van der Waals surface area contributed by atoms with E-state index in [0.29, 0.717) is 12.3 Å². The maximum atomic E-state index is 11.7. The number of ether oxygens (including phenoxy) is 1. The van der Waals surface area contributed by atoms with Crippen LogP contribution in [0.4, 0.5) is 0 Å². The fourth-order valence-corrected chi connectivity index (χ4v) is 2.53. The highest BCUT2D eigenvalue weighted by molar-refractivity contribution is 5.69. The number of carbonyl (C=O) groups is 1. The molecular weight excluding hydrogens is 212 g/mol. The molecule has 0 heterocycles. The summed E-state index contributed by atoms with van der Waals surface area (Å²) in [6, 6.07) is 0. The van der Waals surface area contributed by atoms with Gasteiger partial charge in [-0.25, -0.2) is 0 Å². The topological polar surface area (TPSA) is 26.3 Å². The highest BCUT2D eigenvalue weighted by Crippen LogP contribution is 2.28. The van der Waals surface area contributed by atoms with Crippen molar-refractivity contribution in [1.29, 1.82) is 0 Å². The van der Waals surface area contributed by atoms with Gasteiger partial charge in [0.25, 0.3) is 0 Å². The van der Waals surface area contributed by atoms with Gasteiger partial charge in [0, 0.05) is 6.42 Å². The van der Waals surface area contributed by atoms with Crippen LogP contribution < -0.4 is 0 Å². The van der Waals surface area contributed by atoms with Gasteiger partial charge in [0.1, 0.15) is 6.10 Å². The molecule has 0 aromatic carbocycles. The Labute approximate surface area is 105 Å². The first-order valence-electron chi connectivity index (χ1n) is 7.10. The third kappa shape index (κ3) is 5.38. The average molecular weight is 238 g/mol. The van der Waals surface area contributed by atoms with Gasteiger partial charge in [-0.15, -0.1) is 0 Å². The zero-order valence-electron chi connectivity index (χ0n) is 11.1. The second-order valence-electron chi connectivity index (χ2n) is 5.05. The molecule has 2 heteroatoms. The molecule has 0 bridgehead atoms. The van der Waals surface area contributed by atoms with E-state index in [4.69, 9.17) is 4.74 Å². The van der Waals surface area contributed by atoms with E-state index in [9.17, 15) is 4.79 Å². The van der Waals surface area contributed by atoms with E-state index in [2.05, 4.69) is 13.5 Å². The lowest BCUT2D eigenvalue weighted by molar-refractivity contribution is -0.149. The fourth-order valence-electron chi connectivity index (χ4n) is 2.53. The summed E-state index contributed by atoms with van der Waals surface area (Å²) in [7, 11) is 0. The Kier molecular flexibility index (Phi) is 6.99. The van der Waals surface area contributed by atoms with E-state index < -0.39 is 0 Å². The predicted molar refractivity (Wildman–Crippen MR) is 70.8 cm³/mol. The Morgan fingerprint density at radius 2 is 2.06 bits per heavy atom. The van der Waals surface area contributed by atoms with Crippen LogP contribution in [0.3, 0.4) is 0 Å². The van der Waals surface area contributed by atoms with Gasteiger partial charge in [-0.3, -0.25) is 4.79 Å².